The van der Waals surface area contributed by atoms with Crippen molar-refractivity contribution in [2.75, 3.05) is 6.61 Å². The molecule has 0 heterocycles. The Bertz CT molecular complexity index is 759. The summed E-state index contributed by atoms with van der Waals surface area (Å²) < 4.78 is 19.6. The Kier molecular flexibility index (Phi) is 5.88. The van der Waals surface area contributed by atoms with E-state index in [1.165, 1.54) is 6.07 Å². The number of hydrogen-bond acceptors (Lipinski definition) is 3. The fourth-order valence-corrected chi connectivity index (χ4v) is 2.24. The number of aromatic carboxylic acids is 1. The fourth-order valence-electron chi connectivity index (χ4n) is 2.24. The van der Waals surface area contributed by atoms with Crippen molar-refractivity contribution < 1.29 is 23.8 Å². The summed E-state index contributed by atoms with van der Waals surface area (Å²) >= 11 is 0. The molecule has 0 unspecified atom stereocenters. The molecule has 0 saturated carbocycles. The van der Waals surface area contributed by atoms with Crippen LogP contribution in [0, 0.1) is 5.82 Å². The summed E-state index contributed by atoms with van der Waals surface area (Å²) in [4.78, 5) is 23.1. The van der Waals surface area contributed by atoms with Crippen molar-refractivity contribution in [2.24, 2.45) is 0 Å². The Morgan fingerprint density at radius 3 is 2.44 bits per heavy atom. The molecule has 0 saturated heterocycles. The van der Waals surface area contributed by atoms with Gasteiger partial charge in [-0.05, 0) is 37.6 Å². The summed E-state index contributed by atoms with van der Waals surface area (Å²) in [7, 11) is 0. The predicted molar refractivity (Wildman–Crippen MR) is 91.0 cm³/mol. The molecule has 0 aliphatic heterocycles. The van der Waals surface area contributed by atoms with Crippen molar-refractivity contribution >= 4 is 11.9 Å². The second-order valence-electron chi connectivity index (χ2n) is 6.32. The van der Waals surface area contributed by atoms with Gasteiger partial charge < -0.3 is 15.2 Å². The number of carboxylic acid groups (broad SMARTS) is 1. The van der Waals surface area contributed by atoms with Crippen LogP contribution < -0.4 is 5.32 Å². The second-order valence-corrected chi connectivity index (χ2v) is 6.32. The molecule has 0 fully saturated rings. The minimum Gasteiger partial charge on any atom is -0.478 e. The third-order valence-corrected chi connectivity index (χ3v) is 3.49. The van der Waals surface area contributed by atoms with Crippen LogP contribution in [0.3, 0.4) is 0 Å². The molecule has 0 radical (unpaired) electrons. The van der Waals surface area contributed by atoms with Crippen molar-refractivity contribution in [3.63, 3.8) is 0 Å². The standard InChI is InChI=1S/C19H20FNO4/c1-19(2,12-25-11-13-6-4-3-5-7-13)21-17(22)15-9-8-14(18(23)24)10-16(15)20/h3-10H,11-12H2,1-2H3,(H,21,22)(H,23,24). The highest BCUT2D eigenvalue weighted by Crippen LogP contribution is 2.13. The quantitative estimate of drug-likeness (QED) is 0.808. The summed E-state index contributed by atoms with van der Waals surface area (Å²) in [5, 5.41) is 11.5. The largest absolute Gasteiger partial charge is 0.478 e. The van der Waals surface area contributed by atoms with Crippen LogP contribution in [-0.2, 0) is 11.3 Å². The van der Waals surface area contributed by atoms with Crippen LogP contribution >= 0.6 is 0 Å². The minimum atomic E-state index is -1.25. The van der Waals surface area contributed by atoms with E-state index < -0.39 is 23.2 Å². The maximum atomic E-state index is 14.0. The maximum absolute atomic E-state index is 14.0. The van der Waals surface area contributed by atoms with Crippen molar-refractivity contribution in [3.8, 4) is 0 Å². The van der Waals surface area contributed by atoms with Gasteiger partial charge in [0.2, 0.25) is 0 Å². The first-order valence-corrected chi connectivity index (χ1v) is 7.75. The monoisotopic (exact) mass is 345 g/mol. The predicted octanol–water partition coefficient (Wildman–Crippen LogP) is 3.25. The van der Waals surface area contributed by atoms with Crippen molar-refractivity contribution in [1.29, 1.82) is 0 Å². The van der Waals surface area contributed by atoms with Gasteiger partial charge in [-0.15, -0.1) is 0 Å². The van der Waals surface area contributed by atoms with Gasteiger partial charge in [-0.2, -0.15) is 0 Å². The number of carboxylic acids is 1. The first-order chi connectivity index (χ1) is 11.8. The molecule has 2 rings (SSSR count). The van der Waals surface area contributed by atoms with E-state index in [1.807, 2.05) is 30.3 Å². The van der Waals surface area contributed by atoms with Gasteiger partial charge in [0, 0.05) is 0 Å². The van der Waals surface area contributed by atoms with Gasteiger partial charge in [0.15, 0.2) is 0 Å². The van der Waals surface area contributed by atoms with E-state index in [4.69, 9.17) is 9.84 Å². The van der Waals surface area contributed by atoms with Gasteiger partial charge >= 0.3 is 5.97 Å². The van der Waals surface area contributed by atoms with Crippen molar-refractivity contribution in [3.05, 3.63) is 71.0 Å². The van der Waals surface area contributed by atoms with E-state index in [9.17, 15) is 14.0 Å². The van der Waals surface area contributed by atoms with Gasteiger partial charge in [-0.3, -0.25) is 4.79 Å². The molecule has 2 aromatic rings. The molecule has 0 atom stereocenters. The highest BCUT2D eigenvalue weighted by molar-refractivity contribution is 5.96. The zero-order chi connectivity index (χ0) is 18.4. The maximum Gasteiger partial charge on any atom is 0.335 e. The van der Waals surface area contributed by atoms with Crippen LogP contribution in [-0.4, -0.2) is 29.1 Å². The Labute approximate surface area is 145 Å². The first-order valence-electron chi connectivity index (χ1n) is 7.75. The number of ether oxygens (including phenoxy) is 1. The van der Waals surface area contributed by atoms with Gasteiger partial charge in [-0.1, -0.05) is 30.3 Å². The summed E-state index contributed by atoms with van der Waals surface area (Å²) in [6.45, 7) is 4.17. The number of rotatable bonds is 7. The number of hydrogen-bond donors (Lipinski definition) is 2. The van der Waals surface area contributed by atoms with Crippen LogP contribution in [0.2, 0.25) is 0 Å². The number of carbonyl (C=O) groups excluding carboxylic acids is 1. The molecular formula is C19H20FNO4. The van der Waals surface area contributed by atoms with Crippen LogP contribution in [0.25, 0.3) is 0 Å². The topological polar surface area (TPSA) is 75.6 Å². The Balaban J connectivity index is 1.95. The average Bonchev–Trinajstić information content (AvgIpc) is 2.54. The molecule has 0 bridgehead atoms. The third kappa shape index (κ3) is 5.39. The molecule has 0 spiro atoms. The number of carbonyl (C=O) groups is 2. The summed E-state index contributed by atoms with van der Waals surface area (Å²) in [6.07, 6.45) is 0. The molecule has 0 aromatic heterocycles. The van der Waals surface area contributed by atoms with Crippen LogP contribution in [0.5, 0.6) is 0 Å². The molecule has 5 nitrogen and oxygen atoms in total. The van der Waals surface area contributed by atoms with Gasteiger partial charge in [0.1, 0.15) is 5.82 Å². The lowest BCUT2D eigenvalue weighted by atomic mass is 10.0. The minimum absolute atomic E-state index is 0.207. The smallest absolute Gasteiger partial charge is 0.335 e. The molecule has 1 amide bonds. The highest BCUT2D eigenvalue weighted by Gasteiger charge is 2.23. The summed E-state index contributed by atoms with van der Waals surface area (Å²) in [5.41, 5.74) is -0.121. The van der Waals surface area contributed by atoms with Crippen LogP contribution in [0.15, 0.2) is 48.5 Å². The lowest BCUT2D eigenvalue weighted by Gasteiger charge is -2.26. The van der Waals surface area contributed by atoms with E-state index in [2.05, 4.69) is 5.32 Å². The van der Waals surface area contributed by atoms with Gasteiger partial charge in [-0.25, -0.2) is 9.18 Å². The lowest BCUT2D eigenvalue weighted by Crippen LogP contribution is -2.47. The number of nitrogens with one attached hydrogen (secondary N) is 1. The molecular weight excluding hydrogens is 325 g/mol. The van der Waals surface area contributed by atoms with E-state index in [-0.39, 0.29) is 17.7 Å². The Morgan fingerprint density at radius 2 is 1.84 bits per heavy atom. The Hall–Kier alpha value is -2.73. The molecule has 0 aliphatic carbocycles. The molecule has 25 heavy (non-hydrogen) atoms. The summed E-state index contributed by atoms with van der Waals surface area (Å²) in [5.74, 6) is -2.75. The molecule has 132 valence electrons. The molecule has 6 heteroatoms. The van der Waals surface area contributed by atoms with E-state index in [1.54, 1.807) is 13.8 Å². The zero-order valence-electron chi connectivity index (χ0n) is 14.1. The number of amides is 1. The lowest BCUT2D eigenvalue weighted by molar-refractivity contribution is 0.0613. The van der Waals surface area contributed by atoms with Crippen molar-refractivity contribution in [1.82, 2.24) is 5.32 Å². The number of halogens is 1. The Morgan fingerprint density at radius 1 is 1.16 bits per heavy atom. The average molecular weight is 345 g/mol. The highest BCUT2D eigenvalue weighted by atomic mass is 19.1. The van der Waals surface area contributed by atoms with E-state index in [0.717, 1.165) is 17.7 Å². The van der Waals surface area contributed by atoms with Crippen molar-refractivity contribution in [2.45, 2.75) is 26.0 Å². The third-order valence-electron chi connectivity index (χ3n) is 3.49. The number of benzene rings is 2. The first kappa shape index (κ1) is 18.6. The van der Waals surface area contributed by atoms with Crippen LogP contribution in [0.4, 0.5) is 4.39 Å². The normalized spacial score (nSPS) is 11.2. The SMILES string of the molecule is CC(C)(COCc1ccccc1)NC(=O)c1ccc(C(=O)O)cc1F. The van der Waals surface area contributed by atoms with E-state index >= 15 is 0 Å². The second kappa shape index (κ2) is 7.90. The zero-order valence-corrected chi connectivity index (χ0v) is 14.1. The summed E-state index contributed by atoms with van der Waals surface area (Å²) in [6, 6.07) is 12.8. The molecule has 0 aliphatic rings. The van der Waals surface area contributed by atoms with Gasteiger partial charge in [0.25, 0.3) is 5.91 Å². The van der Waals surface area contributed by atoms with Crippen LogP contribution in [0.1, 0.15) is 40.1 Å². The fraction of sp³-hybridized carbons (Fsp3) is 0.263. The van der Waals surface area contributed by atoms with Gasteiger partial charge in [0.05, 0.1) is 29.9 Å². The van der Waals surface area contributed by atoms with E-state index in [0.29, 0.717) is 6.61 Å². The molecule has 2 N–H and O–H groups in total. The molecule has 2 aromatic carbocycles.